The van der Waals surface area contributed by atoms with Crippen molar-refractivity contribution in [3.05, 3.63) is 65.7 Å². The number of nitrogens with one attached hydrogen (secondary N) is 2. The van der Waals surface area contributed by atoms with E-state index in [1.54, 1.807) is 0 Å². The van der Waals surface area contributed by atoms with E-state index < -0.39 is 0 Å². The Morgan fingerprint density at radius 1 is 1.18 bits per heavy atom. The van der Waals surface area contributed by atoms with Crippen LogP contribution in [0.15, 0.2) is 59.6 Å². The van der Waals surface area contributed by atoms with Crippen LogP contribution in [0.3, 0.4) is 0 Å². The molecule has 150 valence electrons. The van der Waals surface area contributed by atoms with Gasteiger partial charge in [-0.3, -0.25) is 9.89 Å². The maximum atomic E-state index is 5.75. The molecule has 3 rings (SSSR count). The Labute approximate surface area is 168 Å². The molecule has 0 bridgehead atoms. The number of rotatable bonds is 7. The number of hydrogen-bond donors (Lipinski definition) is 2. The summed E-state index contributed by atoms with van der Waals surface area (Å²) >= 11 is 0. The summed E-state index contributed by atoms with van der Waals surface area (Å²) in [5, 5.41) is 7.02. The lowest BCUT2D eigenvalue weighted by atomic mass is 10.0. The average Bonchev–Trinajstić information content (AvgIpc) is 2.73. The van der Waals surface area contributed by atoms with Gasteiger partial charge in [-0.05, 0) is 32.0 Å². The van der Waals surface area contributed by atoms with E-state index in [0.717, 1.165) is 44.2 Å². The summed E-state index contributed by atoms with van der Waals surface area (Å²) in [7, 11) is 4.01. The van der Waals surface area contributed by atoms with Gasteiger partial charge in [0, 0.05) is 38.2 Å². The monoisotopic (exact) mass is 380 g/mol. The maximum Gasteiger partial charge on any atom is 0.191 e. The molecule has 2 atom stereocenters. The predicted molar refractivity (Wildman–Crippen MR) is 116 cm³/mol. The van der Waals surface area contributed by atoms with Crippen molar-refractivity contribution in [3.63, 3.8) is 0 Å². The van der Waals surface area contributed by atoms with Crippen LogP contribution in [-0.4, -0.2) is 44.1 Å². The van der Waals surface area contributed by atoms with Gasteiger partial charge in [-0.15, -0.1) is 0 Å². The van der Waals surface area contributed by atoms with Crippen molar-refractivity contribution >= 4 is 5.96 Å². The van der Waals surface area contributed by atoms with E-state index in [4.69, 9.17) is 4.74 Å². The SMILES string of the molecule is CN=C(NCCC(C)N(C)Cc1ccccc1)NC1CCOc2ccccc21. The third-order valence-electron chi connectivity index (χ3n) is 5.37. The minimum absolute atomic E-state index is 0.231. The molecule has 0 radical (unpaired) electrons. The third kappa shape index (κ3) is 5.49. The topological polar surface area (TPSA) is 48.9 Å². The number of hydrogen-bond acceptors (Lipinski definition) is 3. The molecule has 5 nitrogen and oxygen atoms in total. The molecule has 0 saturated heterocycles. The second kappa shape index (κ2) is 10.1. The summed E-state index contributed by atoms with van der Waals surface area (Å²) in [6.07, 6.45) is 1.99. The second-order valence-electron chi connectivity index (χ2n) is 7.41. The highest BCUT2D eigenvalue weighted by atomic mass is 16.5. The molecule has 0 fully saturated rings. The molecular formula is C23H32N4O. The smallest absolute Gasteiger partial charge is 0.191 e. The van der Waals surface area contributed by atoms with E-state index in [2.05, 4.69) is 77.0 Å². The number of benzene rings is 2. The average molecular weight is 381 g/mol. The van der Waals surface area contributed by atoms with E-state index in [-0.39, 0.29) is 6.04 Å². The van der Waals surface area contributed by atoms with Crippen LogP contribution in [0, 0.1) is 0 Å². The van der Waals surface area contributed by atoms with Gasteiger partial charge in [-0.2, -0.15) is 0 Å². The number of fused-ring (bicyclic) bond motifs is 1. The van der Waals surface area contributed by atoms with E-state index in [1.807, 2.05) is 19.2 Å². The highest BCUT2D eigenvalue weighted by Crippen LogP contribution is 2.31. The molecular weight excluding hydrogens is 348 g/mol. The minimum Gasteiger partial charge on any atom is -0.493 e. The number of aliphatic imine (C=N–C) groups is 1. The Balaban J connectivity index is 1.46. The van der Waals surface area contributed by atoms with Gasteiger partial charge in [-0.25, -0.2) is 0 Å². The Morgan fingerprint density at radius 3 is 2.71 bits per heavy atom. The molecule has 2 unspecified atom stereocenters. The first kappa shape index (κ1) is 20.2. The van der Waals surface area contributed by atoms with Crippen LogP contribution in [0.2, 0.25) is 0 Å². The van der Waals surface area contributed by atoms with Crippen LogP contribution in [0.1, 0.15) is 36.9 Å². The lowest BCUT2D eigenvalue weighted by Crippen LogP contribution is -2.42. The Bertz CT molecular complexity index is 762. The summed E-state index contributed by atoms with van der Waals surface area (Å²) < 4.78 is 5.75. The van der Waals surface area contributed by atoms with Crippen molar-refractivity contribution in [1.29, 1.82) is 0 Å². The zero-order valence-electron chi connectivity index (χ0n) is 17.2. The van der Waals surface area contributed by atoms with Crippen LogP contribution in [0.4, 0.5) is 0 Å². The number of para-hydroxylation sites is 1. The Kier molecular flexibility index (Phi) is 7.31. The summed E-state index contributed by atoms with van der Waals surface area (Å²) in [5.74, 6) is 1.82. The summed E-state index contributed by atoms with van der Waals surface area (Å²) in [6.45, 7) is 4.85. The number of nitrogens with zero attached hydrogens (tertiary/aromatic N) is 2. The van der Waals surface area contributed by atoms with Gasteiger partial charge in [0.2, 0.25) is 0 Å². The molecule has 1 aliphatic heterocycles. The second-order valence-corrected chi connectivity index (χ2v) is 7.41. The quantitative estimate of drug-likeness (QED) is 0.569. The molecule has 2 N–H and O–H groups in total. The zero-order valence-corrected chi connectivity index (χ0v) is 17.2. The largest absolute Gasteiger partial charge is 0.493 e. The fourth-order valence-corrected chi connectivity index (χ4v) is 3.50. The first-order chi connectivity index (χ1) is 13.7. The van der Waals surface area contributed by atoms with Gasteiger partial charge in [0.15, 0.2) is 5.96 Å². The molecule has 0 aromatic heterocycles. The highest BCUT2D eigenvalue weighted by Gasteiger charge is 2.21. The van der Waals surface area contributed by atoms with E-state index in [1.165, 1.54) is 11.1 Å². The van der Waals surface area contributed by atoms with Crippen molar-refractivity contribution < 1.29 is 4.74 Å². The molecule has 2 aromatic carbocycles. The van der Waals surface area contributed by atoms with Gasteiger partial charge < -0.3 is 15.4 Å². The fraction of sp³-hybridized carbons (Fsp3) is 0.435. The van der Waals surface area contributed by atoms with E-state index in [0.29, 0.717) is 6.04 Å². The summed E-state index contributed by atoms with van der Waals surface area (Å²) in [5.41, 5.74) is 2.55. The lowest BCUT2D eigenvalue weighted by Gasteiger charge is -2.28. The van der Waals surface area contributed by atoms with Crippen LogP contribution < -0.4 is 15.4 Å². The number of ether oxygens (including phenoxy) is 1. The fourth-order valence-electron chi connectivity index (χ4n) is 3.50. The van der Waals surface area contributed by atoms with E-state index >= 15 is 0 Å². The molecule has 0 spiro atoms. The standard InChI is InChI=1S/C23H32N4O/c1-18(27(3)17-19-9-5-4-6-10-19)13-15-25-23(24-2)26-21-14-16-28-22-12-8-7-11-20(21)22/h4-12,18,21H,13-17H2,1-3H3,(H2,24,25,26). The van der Waals surface area contributed by atoms with Crippen molar-refractivity contribution in [1.82, 2.24) is 15.5 Å². The molecule has 1 aliphatic rings. The Hall–Kier alpha value is -2.53. The summed E-state index contributed by atoms with van der Waals surface area (Å²) in [6, 6.07) is 19.6. The first-order valence-electron chi connectivity index (χ1n) is 10.1. The highest BCUT2D eigenvalue weighted by molar-refractivity contribution is 5.80. The van der Waals surface area contributed by atoms with Crippen molar-refractivity contribution in [2.45, 2.75) is 38.4 Å². The van der Waals surface area contributed by atoms with Crippen molar-refractivity contribution in [3.8, 4) is 5.75 Å². The normalized spacial score (nSPS) is 17.6. The molecule has 0 saturated carbocycles. The van der Waals surface area contributed by atoms with Gasteiger partial charge >= 0.3 is 0 Å². The van der Waals surface area contributed by atoms with Crippen molar-refractivity contribution in [2.75, 3.05) is 27.2 Å². The molecule has 1 heterocycles. The third-order valence-corrected chi connectivity index (χ3v) is 5.37. The van der Waals surface area contributed by atoms with Crippen LogP contribution >= 0.6 is 0 Å². The van der Waals surface area contributed by atoms with Gasteiger partial charge in [-0.1, -0.05) is 48.5 Å². The number of guanidine groups is 1. The molecule has 5 heteroatoms. The van der Waals surface area contributed by atoms with Gasteiger partial charge in [0.25, 0.3) is 0 Å². The predicted octanol–water partition coefficient (Wildman–Crippen LogP) is 3.59. The van der Waals surface area contributed by atoms with Gasteiger partial charge in [0.1, 0.15) is 5.75 Å². The lowest BCUT2D eigenvalue weighted by molar-refractivity contribution is 0.238. The van der Waals surface area contributed by atoms with Crippen LogP contribution in [0.25, 0.3) is 0 Å². The van der Waals surface area contributed by atoms with Crippen molar-refractivity contribution in [2.24, 2.45) is 4.99 Å². The van der Waals surface area contributed by atoms with Crippen LogP contribution in [-0.2, 0) is 6.54 Å². The molecule has 0 amide bonds. The maximum absolute atomic E-state index is 5.75. The Morgan fingerprint density at radius 2 is 1.93 bits per heavy atom. The minimum atomic E-state index is 0.231. The van der Waals surface area contributed by atoms with Gasteiger partial charge in [0.05, 0.1) is 12.6 Å². The first-order valence-corrected chi connectivity index (χ1v) is 10.1. The molecule has 0 aliphatic carbocycles. The molecule has 2 aromatic rings. The zero-order chi connectivity index (χ0) is 19.8. The summed E-state index contributed by atoms with van der Waals surface area (Å²) in [4.78, 5) is 6.80. The van der Waals surface area contributed by atoms with Crippen LogP contribution in [0.5, 0.6) is 5.75 Å². The molecule has 28 heavy (non-hydrogen) atoms. The van der Waals surface area contributed by atoms with E-state index in [9.17, 15) is 0 Å².